The zero-order valence-electron chi connectivity index (χ0n) is 12.7. The molecule has 0 spiro atoms. The Hall–Kier alpha value is -2.13. The molecular formula is C18H20N2O. The highest BCUT2D eigenvalue weighted by atomic mass is 16.3. The second-order valence-electron chi connectivity index (χ2n) is 5.30. The van der Waals surface area contributed by atoms with Crippen LogP contribution in [0, 0.1) is 13.8 Å². The second kappa shape index (κ2) is 5.70. The Morgan fingerprint density at radius 2 is 2.05 bits per heavy atom. The van der Waals surface area contributed by atoms with Crippen LogP contribution >= 0.6 is 0 Å². The van der Waals surface area contributed by atoms with Crippen LogP contribution in [0.5, 0.6) is 0 Å². The van der Waals surface area contributed by atoms with Crippen molar-refractivity contribution in [1.82, 2.24) is 10.3 Å². The van der Waals surface area contributed by atoms with E-state index in [1.54, 1.807) is 0 Å². The number of hydrogen-bond acceptors (Lipinski definition) is 3. The Labute approximate surface area is 125 Å². The Bertz CT molecular complexity index is 756. The summed E-state index contributed by atoms with van der Waals surface area (Å²) < 4.78 is 5.72. The van der Waals surface area contributed by atoms with Gasteiger partial charge in [-0.15, -0.1) is 0 Å². The van der Waals surface area contributed by atoms with Crippen molar-refractivity contribution in [2.75, 3.05) is 6.54 Å². The predicted octanol–water partition coefficient (Wildman–Crippen LogP) is 4.14. The SMILES string of the molecule is CCNC(c1cc(C)oc1C)c1cccc2ccncc12. The van der Waals surface area contributed by atoms with Crippen LogP contribution in [-0.2, 0) is 0 Å². The molecule has 0 saturated heterocycles. The Balaban J connectivity index is 2.18. The quantitative estimate of drug-likeness (QED) is 0.780. The number of nitrogens with zero attached hydrogens (tertiary/aromatic N) is 1. The summed E-state index contributed by atoms with van der Waals surface area (Å²) in [4.78, 5) is 4.29. The number of fused-ring (bicyclic) bond motifs is 1. The molecule has 0 radical (unpaired) electrons. The van der Waals surface area contributed by atoms with Gasteiger partial charge >= 0.3 is 0 Å². The summed E-state index contributed by atoms with van der Waals surface area (Å²) in [5.41, 5.74) is 2.44. The van der Waals surface area contributed by atoms with Gasteiger partial charge in [0, 0.05) is 23.3 Å². The number of nitrogens with one attached hydrogen (secondary N) is 1. The van der Waals surface area contributed by atoms with Crippen LogP contribution in [0.4, 0.5) is 0 Å². The largest absolute Gasteiger partial charge is 0.466 e. The highest BCUT2D eigenvalue weighted by molar-refractivity contribution is 5.85. The third-order valence-corrected chi connectivity index (χ3v) is 3.83. The summed E-state index contributed by atoms with van der Waals surface area (Å²) in [5, 5.41) is 5.97. The van der Waals surface area contributed by atoms with E-state index in [1.807, 2.05) is 26.2 Å². The minimum atomic E-state index is 0.125. The lowest BCUT2D eigenvalue weighted by Gasteiger charge is -2.19. The maximum absolute atomic E-state index is 5.72. The van der Waals surface area contributed by atoms with Crippen LogP contribution < -0.4 is 5.32 Å². The van der Waals surface area contributed by atoms with Gasteiger partial charge in [0.05, 0.1) is 6.04 Å². The fourth-order valence-corrected chi connectivity index (χ4v) is 2.92. The molecule has 0 aliphatic heterocycles. The van der Waals surface area contributed by atoms with Gasteiger partial charge in [-0.05, 0) is 43.5 Å². The smallest absolute Gasteiger partial charge is 0.106 e. The first-order valence-electron chi connectivity index (χ1n) is 7.33. The summed E-state index contributed by atoms with van der Waals surface area (Å²) in [6.45, 7) is 7.03. The first-order valence-corrected chi connectivity index (χ1v) is 7.33. The number of furan rings is 1. The van der Waals surface area contributed by atoms with E-state index in [4.69, 9.17) is 4.42 Å². The summed E-state index contributed by atoms with van der Waals surface area (Å²) in [5.74, 6) is 1.92. The molecule has 1 atom stereocenters. The molecule has 21 heavy (non-hydrogen) atoms. The zero-order chi connectivity index (χ0) is 14.8. The standard InChI is InChI=1S/C18H20N2O/c1-4-20-18(16-10-12(2)21-13(16)3)15-7-5-6-14-8-9-19-11-17(14)15/h5-11,18,20H,4H2,1-3H3. The summed E-state index contributed by atoms with van der Waals surface area (Å²) in [6, 6.07) is 10.7. The van der Waals surface area contributed by atoms with Gasteiger partial charge in [0.1, 0.15) is 11.5 Å². The number of rotatable bonds is 4. The third kappa shape index (κ3) is 2.57. The minimum absolute atomic E-state index is 0.125. The molecular weight excluding hydrogens is 260 g/mol. The lowest BCUT2D eigenvalue weighted by molar-refractivity contribution is 0.495. The molecule has 108 valence electrons. The van der Waals surface area contributed by atoms with E-state index in [2.05, 4.69) is 47.6 Å². The Kier molecular flexibility index (Phi) is 3.76. The van der Waals surface area contributed by atoms with Gasteiger partial charge < -0.3 is 9.73 Å². The van der Waals surface area contributed by atoms with Crippen molar-refractivity contribution in [3.63, 3.8) is 0 Å². The fourth-order valence-electron chi connectivity index (χ4n) is 2.92. The molecule has 2 heterocycles. The van der Waals surface area contributed by atoms with Crippen molar-refractivity contribution in [2.24, 2.45) is 0 Å². The molecule has 1 unspecified atom stereocenters. The van der Waals surface area contributed by atoms with Gasteiger partial charge in [0.2, 0.25) is 0 Å². The Morgan fingerprint density at radius 3 is 2.76 bits per heavy atom. The molecule has 1 aromatic carbocycles. The molecule has 2 aromatic heterocycles. The van der Waals surface area contributed by atoms with Crippen molar-refractivity contribution < 1.29 is 4.42 Å². The first-order chi connectivity index (χ1) is 10.2. The van der Waals surface area contributed by atoms with Gasteiger partial charge in [0.15, 0.2) is 0 Å². The van der Waals surface area contributed by atoms with Gasteiger partial charge in [-0.2, -0.15) is 0 Å². The van der Waals surface area contributed by atoms with Crippen LogP contribution in [0.25, 0.3) is 10.8 Å². The average molecular weight is 280 g/mol. The summed E-state index contributed by atoms with van der Waals surface area (Å²) >= 11 is 0. The van der Waals surface area contributed by atoms with Crippen molar-refractivity contribution in [3.05, 3.63) is 65.4 Å². The molecule has 3 heteroatoms. The van der Waals surface area contributed by atoms with E-state index in [0.717, 1.165) is 18.1 Å². The number of aryl methyl sites for hydroxylation is 2. The number of aromatic nitrogens is 1. The highest BCUT2D eigenvalue weighted by Crippen LogP contribution is 2.31. The molecule has 0 saturated carbocycles. The molecule has 3 nitrogen and oxygen atoms in total. The fraction of sp³-hybridized carbons (Fsp3) is 0.278. The van der Waals surface area contributed by atoms with Crippen LogP contribution in [-0.4, -0.2) is 11.5 Å². The van der Waals surface area contributed by atoms with Crippen molar-refractivity contribution >= 4 is 10.8 Å². The van der Waals surface area contributed by atoms with Crippen molar-refractivity contribution in [3.8, 4) is 0 Å². The Morgan fingerprint density at radius 1 is 1.19 bits per heavy atom. The lowest BCUT2D eigenvalue weighted by Crippen LogP contribution is -2.22. The highest BCUT2D eigenvalue weighted by Gasteiger charge is 2.20. The van der Waals surface area contributed by atoms with Crippen LogP contribution in [0.1, 0.15) is 35.6 Å². The van der Waals surface area contributed by atoms with Gasteiger partial charge in [-0.3, -0.25) is 4.98 Å². The van der Waals surface area contributed by atoms with E-state index >= 15 is 0 Å². The van der Waals surface area contributed by atoms with E-state index in [1.165, 1.54) is 21.9 Å². The summed E-state index contributed by atoms with van der Waals surface area (Å²) in [6.07, 6.45) is 3.78. The lowest BCUT2D eigenvalue weighted by atomic mass is 9.94. The van der Waals surface area contributed by atoms with Crippen LogP contribution in [0.2, 0.25) is 0 Å². The molecule has 0 bridgehead atoms. The van der Waals surface area contributed by atoms with Crippen molar-refractivity contribution in [2.45, 2.75) is 26.8 Å². The average Bonchev–Trinajstić information content (AvgIpc) is 2.83. The van der Waals surface area contributed by atoms with E-state index < -0.39 is 0 Å². The van der Waals surface area contributed by atoms with Gasteiger partial charge in [0.25, 0.3) is 0 Å². The monoisotopic (exact) mass is 280 g/mol. The van der Waals surface area contributed by atoms with Crippen LogP contribution in [0.15, 0.2) is 47.1 Å². The molecule has 1 N–H and O–H groups in total. The van der Waals surface area contributed by atoms with Crippen LogP contribution in [0.3, 0.4) is 0 Å². The normalized spacial score (nSPS) is 12.7. The first kappa shape index (κ1) is 13.8. The second-order valence-corrected chi connectivity index (χ2v) is 5.30. The molecule has 0 fully saturated rings. The molecule has 3 aromatic rings. The number of pyridine rings is 1. The predicted molar refractivity (Wildman–Crippen MR) is 85.4 cm³/mol. The topological polar surface area (TPSA) is 38.1 Å². The van der Waals surface area contributed by atoms with E-state index in [9.17, 15) is 0 Å². The van der Waals surface area contributed by atoms with Gasteiger partial charge in [-0.25, -0.2) is 0 Å². The molecule has 0 amide bonds. The summed E-state index contributed by atoms with van der Waals surface area (Å²) in [7, 11) is 0. The maximum Gasteiger partial charge on any atom is 0.106 e. The van der Waals surface area contributed by atoms with E-state index in [-0.39, 0.29) is 6.04 Å². The van der Waals surface area contributed by atoms with Crippen molar-refractivity contribution in [1.29, 1.82) is 0 Å². The van der Waals surface area contributed by atoms with E-state index in [0.29, 0.717) is 0 Å². The van der Waals surface area contributed by atoms with Gasteiger partial charge in [-0.1, -0.05) is 25.1 Å². The maximum atomic E-state index is 5.72. The number of hydrogen-bond donors (Lipinski definition) is 1. The molecule has 0 aliphatic rings. The zero-order valence-corrected chi connectivity index (χ0v) is 12.7. The minimum Gasteiger partial charge on any atom is -0.466 e. The number of benzene rings is 1. The third-order valence-electron chi connectivity index (χ3n) is 3.83. The molecule has 0 aliphatic carbocycles. The molecule has 3 rings (SSSR count).